The third kappa shape index (κ3) is 4.57. The van der Waals surface area contributed by atoms with Gasteiger partial charge in [0.25, 0.3) is 5.91 Å². The van der Waals surface area contributed by atoms with Gasteiger partial charge >= 0.3 is 0 Å². The normalized spacial score (nSPS) is 9.87. The molecule has 3 N–H and O–H groups in total. The molecule has 0 aliphatic rings. The van der Waals surface area contributed by atoms with E-state index in [0.29, 0.717) is 11.4 Å². The molecule has 0 spiro atoms. The average molecular weight is 228 g/mol. The lowest BCUT2D eigenvalue weighted by Gasteiger charge is -2.03. The van der Waals surface area contributed by atoms with Crippen LogP contribution in [0.5, 0.6) is 0 Å². The zero-order valence-electron chi connectivity index (χ0n) is 8.06. The highest BCUT2D eigenvalue weighted by molar-refractivity contribution is 7.12. The Kier molecular flexibility index (Phi) is 4.79. The number of amides is 2. The lowest BCUT2D eigenvalue weighted by atomic mass is 10.4. The summed E-state index contributed by atoms with van der Waals surface area (Å²) in [5.41, 5.74) is 4.86. The second-order valence-electron chi connectivity index (χ2n) is 2.75. The van der Waals surface area contributed by atoms with Crippen LogP contribution in [0.25, 0.3) is 0 Å². The molecule has 0 aromatic carbocycles. The number of nitrogens with two attached hydrogens (primary N) is 1. The van der Waals surface area contributed by atoms with Crippen LogP contribution in [-0.4, -0.2) is 31.6 Å². The van der Waals surface area contributed by atoms with Crippen molar-refractivity contribution >= 4 is 23.2 Å². The maximum atomic E-state index is 11.4. The Morgan fingerprint density at radius 1 is 1.53 bits per heavy atom. The molecule has 0 bridgehead atoms. The predicted octanol–water partition coefficient (Wildman–Crippen LogP) is -0.0202. The fourth-order valence-electron chi connectivity index (χ4n) is 0.904. The van der Waals surface area contributed by atoms with Crippen molar-refractivity contribution in [1.82, 2.24) is 5.32 Å². The Morgan fingerprint density at radius 2 is 2.33 bits per heavy atom. The van der Waals surface area contributed by atoms with Crippen LogP contribution >= 0.6 is 11.3 Å². The van der Waals surface area contributed by atoms with Crippen LogP contribution in [0.3, 0.4) is 0 Å². The summed E-state index contributed by atoms with van der Waals surface area (Å²) in [7, 11) is 0. The number of carbonyl (C=O) groups excluding carboxylic acids is 2. The van der Waals surface area contributed by atoms with E-state index in [4.69, 9.17) is 10.5 Å². The van der Waals surface area contributed by atoms with Crippen molar-refractivity contribution < 1.29 is 14.3 Å². The van der Waals surface area contributed by atoms with E-state index in [1.807, 2.05) is 11.4 Å². The van der Waals surface area contributed by atoms with E-state index in [-0.39, 0.29) is 19.1 Å². The molecule has 5 nitrogen and oxygen atoms in total. The number of primary amides is 1. The van der Waals surface area contributed by atoms with Gasteiger partial charge in [-0.1, -0.05) is 6.07 Å². The number of hydrogen-bond donors (Lipinski definition) is 2. The standard InChI is InChI=1S/C9H12N2O3S/c10-8(12)6-14-4-3-11-9(13)7-2-1-5-15-7/h1-2,5H,3-4,6H2,(H2,10,12)(H,11,13). The van der Waals surface area contributed by atoms with Crippen molar-refractivity contribution in [2.75, 3.05) is 19.8 Å². The lowest BCUT2D eigenvalue weighted by Crippen LogP contribution is -2.28. The van der Waals surface area contributed by atoms with E-state index < -0.39 is 5.91 Å². The SMILES string of the molecule is NC(=O)COCCNC(=O)c1cccs1. The molecule has 0 fully saturated rings. The van der Waals surface area contributed by atoms with Gasteiger partial charge < -0.3 is 15.8 Å². The summed E-state index contributed by atoms with van der Waals surface area (Å²) < 4.78 is 4.88. The summed E-state index contributed by atoms with van der Waals surface area (Å²) in [5.74, 6) is -0.646. The zero-order chi connectivity index (χ0) is 11.1. The summed E-state index contributed by atoms with van der Waals surface area (Å²) in [4.78, 5) is 22.3. The quantitative estimate of drug-likeness (QED) is 0.671. The molecule has 82 valence electrons. The van der Waals surface area contributed by atoms with Crippen LogP contribution < -0.4 is 11.1 Å². The van der Waals surface area contributed by atoms with E-state index >= 15 is 0 Å². The van der Waals surface area contributed by atoms with E-state index in [1.54, 1.807) is 6.07 Å². The molecule has 1 aromatic heterocycles. The molecule has 0 radical (unpaired) electrons. The largest absolute Gasteiger partial charge is 0.370 e. The molecule has 0 saturated carbocycles. The number of carbonyl (C=O) groups is 2. The maximum Gasteiger partial charge on any atom is 0.261 e. The fourth-order valence-corrected chi connectivity index (χ4v) is 1.54. The van der Waals surface area contributed by atoms with Gasteiger partial charge in [-0.05, 0) is 11.4 Å². The number of nitrogens with one attached hydrogen (secondary N) is 1. The third-order valence-electron chi connectivity index (χ3n) is 1.52. The third-order valence-corrected chi connectivity index (χ3v) is 2.39. The van der Waals surface area contributed by atoms with Gasteiger partial charge in [0, 0.05) is 6.54 Å². The Morgan fingerprint density at radius 3 is 2.93 bits per heavy atom. The van der Waals surface area contributed by atoms with Crippen LogP contribution in [0, 0.1) is 0 Å². The summed E-state index contributed by atoms with van der Waals surface area (Å²) >= 11 is 1.37. The number of hydrogen-bond acceptors (Lipinski definition) is 4. The monoisotopic (exact) mass is 228 g/mol. The first-order valence-corrected chi connectivity index (χ1v) is 5.26. The van der Waals surface area contributed by atoms with E-state index in [0.717, 1.165) is 0 Å². The summed E-state index contributed by atoms with van der Waals surface area (Å²) in [6, 6.07) is 3.55. The minimum absolute atomic E-state index is 0.116. The molecular formula is C9H12N2O3S. The van der Waals surface area contributed by atoms with Crippen molar-refractivity contribution in [3.8, 4) is 0 Å². The van der Waals surface area contributed by atoms with E-state index in [1.165, 1.54) is 11.3 Å². The van der Waals surface area contributed by atoms with Crippen molar-refractivity contribution in [2.45, 2.75) is 0 Å². The van der Waals surface area contributed by atoms with Gasteiger partial charge in [0.1, 0.15) is 6.61 Å². The topological polar surface area (TPSA) is 81.4 Å². The molecule has 0 aliphatic carbocycles. The maximum absolute atomic E-state index is 11.4. The number of ether oxygens (including phenoxy) is 1. The lowest BCUT2D eigenvalue weighted by molar-refractivity contribution is -0.122. The van der Waals surface area contributed by atoms with Crippen LogP contribution in [0.15, 0.2) is 17.5 Å². The highest BCUT2D eigenvalue weighted by atomic mass is 32.1. The highest BCUT2D eigenvalue weighted by Crippen LogP contribution is 2.07. The molecular weight excluding hydrogens is 216 g/mol. The summed E-state index contributed by atoms with van der Waals surface area (Å²) in [5, 5.41) is 4.49. The van der Waals surface area contributed by atoms with Crippen LogP contribution in [0.2, 0.25) is 0 Å². The first kappa shape index (κ1) is 11.7. The molecule has 0 unspecified atom stereocenters. The van der Waals surface area contributed by atoms with Crippen LogP contribution in [0.1, 0.15) is 9.67 Å². The number of rotatable bonds is 6. The Hall–Kier alpha value is -1.40. The number of thiophene rings is 1. The van der Waals surface area contributed by atoms with Crippen molar-refractivity contribution in [3.05, 3.63) is 22.4 Å². The van der Waals surface area contributed by atoms with Gasteiger partial charge in [-0.15, -0.1) is 11.3 Å². The highest BCUT2D eigenvalue weighted by Gasteiger charge is 2.04. The zero-order valence-corrected chi connectivity index (χ0v) is 8.88. The molecule has 2 amide bonds. The average Bonchev–Trinajstić information content (AvgIpc) is 2.69. The Bertz CT molecular complexity index is 324. The first-order valence-electron chi connectivity index (χ1n) is 4.38. The second-order valence-corrected chi connectivity index (χ2v) is 3.70. The van der Waals surface area contributed by atoms with E-state index in [2.05, 4.69) is 5.32 Å². The molecule has 1 rings (SSSR count). The predicted molar refractivity (Wildman–Crippen MR) is 56.7 cm³/mol. The Labute approximate surface area is 91.2 Å². The molecule has 6 heteroatoms. The minimum Gasteiger partial charge on any atom is -0.370 e. The van der Waals surface area contributed by atoms with Crippen molar-refractivity contribution in [1.29, 1.82) is 0 Å². The van der Waals surface area contributed by atoms with Crippen LogP contribution in [-0.2, 0) is 9.53 Å². The van der Waals surface area contributed by atoms with Gasteiger partial charge in [-0.3, -0.25) is 9.59 Å². The molecule has 15 heavy (non-hydrogen) atoms. The van der Waals surface area contributed by atoms with Gasteiger partial charge in [0.2, 0.25) is 5.91 Å². The molecule has 0 aliphatic heterocycles. The second kappa shape index (κ2) is 6.15. The van der Waals surface area contributed by atoms with E-state index in [9.17, 15) is 9.59 Å². The molecule has 1 heterocycles. The molecule has 0 saturated heterocycles. The van der Waals surface area contributed by atoms with Crippen molar-refractivity contribution in [2.24, 2.45) is 5.73 Å². The molecule has 0 atom stereocenters. The van der Waals surface area contributed by atoms with Crippen molar-refractivity contribution in [3.63, 3.8) is 0 Å². The summed E-state index contributed by atoms with van der Waals surface area (Å²) in [6.07, 6.45) is 0. The first-order chi connectivity index (χ1) is 7.20. The molecule has 1 aromatic rings. The Balaban J connectivity index is 2.10. The fraction of sp³-hybridized carbons (Fsp3) is 0.333. The van der Waals surface area contributed by atoms with Gasteiger partial charge in [0.15, 0.2) is 0 Å². The smallest absolute Gasteiger partial charge is 0.261 e. The van der Waals surface area contributed by atoms with Crippen LogP contribution in [0.4, 0.5) is 0 Å². The van der Waals surface area contributed by atoms with Gasteiger partial charge in [-0.2, -0.15) is 0 Å². The summed E-state index contributed by atoms with van der Waals surface area (Å²) in [6.45, 7) is 0.527. The minimum atomic E-state index is -0.514. The van der Waals surface area contributed by atoms with Gasteiger partial charge in [-0.25, -0.2) is 0 Å². The van der Waals surface area contributed by atoms with Gasteiger partial charge in [0.05, 0.1) is 11.5 Å².